The molecule has 0 radical (unpaired) electrons. The van der Waals surface area contributed by atoms with E-state index < -0.39 is 0 Å². The van der Waals surface area contributed by atoms with Crippen LogP contribution >= 0.6 is 11.3 Å². The first-order chi connectivity index (χ1) is 13.4. The van der Waals surface area contributed by atoms with Gasteiger partial charge in [0.05, 0.1) is 0 Å². The van der Waals surface area contributed by atoms with E-state index in [1.54, 1.807) is 5.38 Å². The van der Waals surface area contributed by atoms with Crippen molar-refractivity contribution < 1.29 is 9.59 Å². The second-order valence-electron chi connectivity index (χ2n) is 7.70. The van der Waals surface area contributed by atoms with E-state index in [2.05, 4.69) is 46.6 Å². The normalized spacial score (nSPS) is 20.0. The molecule has 2 heterocycles. The SMILES string of the molecule is CC(=O)Nc1nc(C(=O)Nc2ccc(CC[C@@H]3CCN(C)C[C@@H]3C)cc2)cs1. The van der Waals surface area contributed by atoms with Crippen LogP contribution in [0.25, 0.3) is 0 Å². The van der Waals surface area contributed by atoms with Crippen LogP contribution in [0.5, 0.6) is 0 Å². The van der Waals surface area contributed by atoms with E-state index in [0.717, 1.165) is 23.9 Å². The smallest absolute Gasteiger partial charge is 0.275 e. The molecule has 0 unspecified atom stereocenters. The lowest BCUT2D eigenvalue weighted by molar-refractivity contribution is -0.114. The van der Waals surface area contributed by atoms with Crippen molar-refractivity contribution >= 4 is 34.0 Å². The number of nitrogens with zero attached hydrogens (tertiary/aromatic N) is 2. The average molecular weight is 401 g/mol. The zero-order valence-corrected chi connectivity index (χ0v) is 17.5. The second-order valence-corrected chi connectivity index (χ2v) is 8.56. The largest absolute Gasteiger partial charge is 0.321 e. The van der Waals surface area contributed by atoms with Crippen LogP contribution in [0.2, 0.25) is 0 Å². The van der Waals surface area contributed by atoms with Crippen molar-refractivity contribution in [2.45, 2.75) is 33.1 Å². The summed E-state index contributed by atoms with van der Waals surface area (Å²) in [4.78, 5) is 29.9. The van der Waals surface area contributed by atoms with E-state index in [-0.39, 0.29) is 11.8 Å². The number of rotatable bonds is 6. The molecular formula is C21H28N4O2S. The molecule has 2 N–H and O–H groups in total. The van der Waals surface area contributed by atoms with Crippen LogP contribution in [-0.4, -0.2) is 41.8 Å². The van der Waals surface area contributed by atoms with Gasteiger partial charge in [-0.05, 0) is 62.4 Å². The number of carbonyl (C=O) groups is 2. The Labute approximate surface area is 170 Å². The number of aryl methyl sites for hydroxylation is 1. The van der Waals surface area contributed by atoms with Crippen molar-refractivity contribution in [2.24, 2.45) is 11.8 Å². The summed E-state index contributed by atoms with van der Waals surface area (Å²) in [6.45, 7) is 6.15. The monoisotopic (exact) mass is 400 g/mol. The molecule has 2 atom stereocenters. The topological polar surface area (TPSA) is 74.3 Å². The Kier molecular flexibility index (Phi) is 6.80. The molecule has 1 saturated heterocycles. The number of thiazole rings is 1. The van der Waals surface area contributed by atoms with E-state index >= 15 is 0 Å². The van der Waals surface area contributed by atoms with Gasteiger partial charge in [0.1, 0.15) is 5.69 Å². The van der Waals surface area contributed by atoms with Crippen molar-refractivity contribution in [3.8, 4) is 0 Å². The molecule has 1 aliphatic heterocycles. The van der Waals surface area contributed by atoms with Gasteiger partial charge in [0, 0.05) is 24.5 Å². The number of hydrogen-bond acceptors (Lipinski definition) is 5. The molecule has 1 aliphatic rings. The van der Waals surface area contributed by atoms with Gasteiger partial charge in [-0.15, -0.1) is 11.3 Å². The van der Waals surface area contributed by atoms with Gasteiger partial charge in [-0.2, -0.15) is 0 Å². The van der Waals surface area contributed by atoms with Crippen molar-refractivity contribution in [3.63, 3.8) is 0 Å². The minimum absolute atomic E-state index is 0.202. The van der Waals surface area contributed by atoms with Crippen LogP contribution in [0.4, 0.5) is 10.8 Å². The minimum atomic E-state index is -0.277. The number of nitrogens with one attached hydrogen (secondary N) is 2. The number of amides is 2. The molecule has 0 aliphatic carbocycles. The van der Waals surface area contributed by atoms with Gasteiger partial charge in [-0.25, -0.2) is 4.98 Å². The molecule has 6 nitrogen and oxygen atoms in total. The van der Waals surface area contributed by atoms with Crippen LogP contribution in [0.1, 0.15) is 42.7 Å². The molecule has 0 saturated carbocycles. The third-order valence-corrected chi connectivity index (χ3v) is 6.08. The van der Waals surface area contributed by atoms with Crippen molar-refractivity contribution in [3.05, 3.63) is 40.9 Å². The van der Waals surface area contributed by atoms with E-state index in [1.165, 1.54) is 49.8 Å². The summed E-state index contributed by atoms with van der Waals surface area (Å²) in [5.74, 6) is 1.06. The molecule has 1 aromatic heterocycles. The van der Waals surface area contributed by atoms with E-state index in [0.29, 0.717) is 10.8 Å². The van der Waals surface area contributed by atoms with Crippen LogP contribution in [0, 0.1) is 11.8 Å². The Hall–Kier alpha value is -2.25. The zero-order valence-electron chi connectivity index (χ0n) is 16.7. The van der Waals surface area contributed by atoms with Crippen LogP contribution < -0.4 is 10.6 Å². The molecule has 2 amide bonds. The summed E-state index contributed by atoms with van der Waals surface area (Å²) in [6.07, 6.45) is 3.56. The summed E-state index contributed by atoms with van der Waals surface area (Å²) in [5, 5.41) is 7.50. The Morgan fingerprint density at radius 2 is 2.00 bits per heavy atom. The highest BCUT2D eigenvalue weighted by Crippen LogP contribution is 2.27. The van der Waals surface area contributed by atoms with Crippen molar-refractivity contribution in [1.29, 1.82) is 0 Å². The van der Waals surface area contributed by atoms with Crippen LogP contribution in [0.3, 0.4) is 0 Å². The van der Waals surface area contributed by atoms with E-state index in [9.17, 15) is 9.59 Å². The Balaban J connectivity index is 1.50. The highest BCUT2D eigenvalue weighted by molar-refractivity contribution is 7.14. The third-order valence-electron chi connectivity index (χ3n) is 5.32. The number of anilines is 2. The molecule has 150 valence electrons. The number of carbonyl (C=O) groups excluding carboxylic acids is 2. The predicted octanol–water partition coefficient (Wildman–Crippen LogP) is 3.87. The Morgan fingerprint density at radius 3 is 2.68 bits per heavy atom. The summed E-state index contributed by atoms with van der Waals surface area (Å²) in [6, 6.07) is 8.04. The van der Waals surface area contributed by atoms with Gasteiger partial charge >= 0.3 is 0 Å². The molecule has 28 heavy (non-hydrogen) atoms. The fourth-order valence-corrected chi connectivity index (χ4v) is 4.46. The van der Waals surface area contributed by atoms with Gasteiger partial charge in [-0.3, -0.25) is 9.59 Å². The maximum absolute atomic E-state index is 12.3. The predicted molar refractivity (Wildman–Crippen MR) is 114 cm³/mol. The molecule has 1 fully saturated rings. The van der Waals surface area contributed by atoms with Crippen LogP contribution in [0.15, 0.2) is 29.6 Å². The standard InChI is InChI=1S/C21H28N4O2S/c1-14-12-25(3)11-10-17(14)7-4-16-5-8-18(9-6-16)23-20(27)19-13-28-21(24-19)22-15(2)26/h5-6,8-9,13-14,17H,4,7,10-12H2,1-3H3,(H,23,27)(H,22,24,26)/t14-,17+/m0/s1. The first-order valence-corrected chi connectivity index (χ1v) is 10.6. The number of likely N-dealkylation sites (tertiary alicyclic amines) is 1. The zero-order chi connectivity index (χ0) is 20.1. The Morgan fingerprint density at radius 1 is 1.25 bits per heavy atom. The van der Waals surface area contributed by atoms with Crippen molar-refractivity contribution in [2.75, 3.05) is 30.8 Å². The summed E-state index contributed by atoms with van der Waals surface area (Å²) < 4.78 is 0. The quantitative estimate of drug-likeness (QED) is 0.772. The van der Waals surface area contributed by atoms with Crippen LogP contribution in [-0.2, 0) is 11.2 Å². The first kappa shape index (κ1) is 20.5. The lowest BCUT2D eigenvalue weighted by atomic mass is 9.83. The maximum Gasteiger partial charge on any atom is 0.275 e. The van der Waals surface area contributed by atoms with Gasteiger partial charge in [0.25, 0.3) is 5.91 Å². The second kappa shape index (κ2) is 9.30. The summed E-state index contributed by atoms with van der Waals surface area (Å²) in [7, 11) is 2.20. The number of benzene rings is 1. The minimum Gasteiger partial charge on any atom is -0.321 e. The first-order valence-electron chi connectivity index (χ1n) is 9.72. The highest BCUT2D eigenvalue weighted by atomic mass is 32.1. The van der Waals surface area contributed by atoms with Gasteiger partial charge < -0.3 is 15.5 Å². The van der Waals surface area contributed by atoms with E-state index in [1.807, 2.05) is 12.1 Å². The highest BCUT2D eigenvalue weighted by Gasteiger charge is 2.23. The molecule has 2 aromatic rings. The van der Waals surface area contributed by atoms with Gasteiger partial charge in [0.15, 0.2) is 5.13 Å². The lowest BCUT2D eigenvalue weighted by Crippen LogP contribution is -2.36. The molecule has 0 bridgehead atoms. The summed E-state index contributed by atoms with van der Waals surface area (Å²) >= 11 is 1.23. The molecule has 1 aromatic carbocycles. The molecule has 0 spiro atoms. The summed E-state index contributed by atoms with van der Waals surface area (Å²) in [5.41, 5.74) is 2.34. The van der Waals surface area contributed by atoms with Crippen molar-refractivity contribution in [1.82, 2.24) is 9.88 Å². The fraction of sp³-hybridized carbons (Fsp3) is 0.476. The molecule has 3 rings (SSSR count). The average Bonchev–Trinajstić information content (AvgIpc) is 3.10. The Bertz CT molecular complexity index is 818. The lowest BCUT2D eigenvalue weighted by Gasteiger charge is -2.34. The number of aromatic nitrogens is 1. The van der Waals surface area contributed by atoms with Gasteiger partial charge in [0.2, 0.25) is 5.91 Å². The van der Waals surface area contributed by atoms with E-state index in [4.69, 9.17) is 0 Å². The maximum atomic E-state index is 12.3. The molecular weight excluding hydrogens is 372 g/mol. The van der Waals surface area contributed by atoms with Gasteiger partial charge in [-0.1, -0.05) is 19.1 Å². The number of piperidine rings is 1. The third kappa shape index (κ3) is 5.62. The number of hydrogen-bond donors (Lipinski definition) is 2. The molecule has 7 heteroatoms. The fourth-order valence-electron chi connectivity index (χ4n) is 3.72.